The second-order valence-electron chi connectivity index (χ2n) is 3.77. The fourth-order valence-corrected chi connectivity index (χ4v) is 2.40. The topological polar surface area (TPSA) is 119 Å². The van der Waals surface area contributed by atoms with Crippen molar-refractivity contribution in [2.75, 3.05) is 12.3 Å². The highest BCUT2D eigenvalue weighted by Gasteiger charge is 2.15. The lowest BCUT2D eigenvalue weighted by Crippen LogP contribution is -2.27. The van der Waals surface area contributed by atoms with Crippen LogP contribution in [-0.2, 0) is 16.6 Å². The fourth-order valence-electron chi connectivity index (χ4n) is 1.41. The number of nitrogens with one attached hydrogen (secondary N) is 2. The predicted octanol–water partition coefficient (Wildman–Crippen LogP) is -0.525. The van der Waals surface area contributed by atoms with Gasteiger partial charge in [-0.05, 0) is 6.92 Å². The van der Waals surface area contributed by atoms with Gasteiger partial charge in [-0.1, -0.05) is 0 Å². The van der Waals surface area contributed by atoms with Gasteiger partial charge in [0.2, 0.25) is 0 Å². The van der Waals surface area contributed by atoms with Crippen LogP contribution in [0.3, 0.4) is 0 Å². The van der Waals surface area contributed by atoms with Crippen molar-refractivity contribution in [3.8, 4) is 0 Å². The number of hydrogen-bond donors (Lipinski definition) is 3. The van der Waals surface area contributed by atoms with Gasteiger partial charge in [0.05, 0.1) is 24.6 Å². The Morgan fingerprint density at radius 2 is 2.28 bits per heavy atom. The van der Waals surface area contributed by atoms with E-state index in [1.165, 1.54) is 12.4 Å². The summed E-state index contributed by atoms with van der Waals surface area (Å²) in [6.45, 7) is 2.32. The van der Waals surface area contributed by atoms with Gasteiger partial charge in [-0.15, -0.1) is 0 Å². The summed E-state index contributed by atoms with van der Waals surface area (Å²) in [5, 5.41) is 4.00. The molecule has 4 N–H and O–H groups in total. The number of anilines is 1. The molecule has 98 valence electrons. The highest BCUT2D eigenvalue weighted by molar-refractivity contribution is 7.89. The third-order valence-corrected chi connectivity index (χ3v) is 3.63. The standard InChI is InChI=1S/C9H14N6O2S/c1-7-11-5-9(14-7)18(16,17)13-2-3-15-6-8(10)4-12-15/h4-6,13H,2-3,10H2,1H3,(H,11,14). The number of rotatable bonds is 5. The first-order valence-electron chi connectivity index (χ1n) is 5.26. The molecule has 0 aliphatic rings. The van der Waals surface area contributed by atoms with E-state index >= 15 is 0 Å². The van der Waals surface area contributed by atoms with Crippen molar-refractivity contribution in [3.05, 3.63) is 24.4 Å². The summed E-state index contributed by atoms with van der Waals surface area (Å²) in [6, 6.07) is 0. The number of sulfonamides is 1. The Hall–Kier alpha value is -1.87. The Balaban J connectivity index is 1.93. The van der Waals surface area contributed by atoms with Crippen LogP contribution in [0.1, 0.15) is 5.82 Å². The number of hydrogen-bond acceptors (Lipinski definition) is 5. The van der Waals surface area contributed by atoms with Gasteiger partial charge < -0.3 is 10.7 Å². The monoisotopic (exact) mass is 270 g/mol. The molecule has 0 aliphatic carbocycles. The first-order valence-corrected chi connectivity index (χ1v) is 6.75. The molecule has 0 radical (unpaired) electrons. The zero-order valence-electron chi connectivity index (χ0n) is 9.79. The molecule has 0 saturated heterocycles. The molecule has 0 unspecified atom stereocenters. The van der Waals surface area contributed by atoms with Crippen LogP contribution < -0.4 is 10.5 Å². The summed E-state index contributed by atoms with van der Waals surface area (Å²) in [5.41, 5.74) is 6.04. The lowest BCUT2D eigenvalue weighted by molar-refractivity contribution is 0.558. The molecule has 0 aromatic carbocycles. The number of aromatic nitrogens is 4. The molecular weight excluding hydrogens is 256 g/mol. The lowest BCUT2D eigenvalue weighted by atomic mass is 10.6. The first-order chi connectivity index (χ1) is 8.47. The van der Waals surface area contributed by atoms with Crippen LogP contribution in [0.25, 0.3) is 0 Å². The number of aryl methyl sites for hydroxylation is 1. The second-order valence-corrected chi connectivity index (χ2v) is 5.50. The molecule has 0 amide bonds. The van der Waals surface area contributed by atoms with Crippen LogP contribution in [0, 0.1) is 6.92 Å². The lowest BCUT2D eigenvalue weighted by Gasteiger charge is -2.04. The summed E-state index contributed by atoms with van der Waals surface area (Å²) >= 11 is 0. The van der Waals surface area contributed by atoms with Gasteiger partial charge in [-0.3, -0.25) is 4.68 Å². The van der Waals surface area contributed by atoms with E-state index in [4.69, 9.17) is 5.73 Å². The van der Waals surface area contributed by atoms with Gasteiger partial charge in [0.15, 0.2) is 5.03 Å². The van der Waals surface area contributed by atoms with E-state index in [1.54, 1.807) is 17.8 Å². The molecule has 0 saturated carbocycles. The van der Waals surface area contributed by atoms with Crippen LogP contribution in [-0.4, -0.2) is 34.7 Å². The van der Waals surface area contributed by atoms with Crippen LogP contribution >= 0.6 is 0 Å². The van der Waals surface area contributed by atoms with Gasteiger partial charge in [0.25, 0.3) is 10.0 Å². The maximum absolute atomic E-state index is 11.8. The van der Waals surface area contributed by atoms with Crippen LogP contribution in [0.4, 0.5) is 5.69 Å². The smallest absolute Gasteiger partial charge is 0.257 e. The van der Waals surface area contributed by atoms with Crippen molar-refractivity contribution in [1.29, 1.82) is 0 Å². The van der Waals surface area contributed by atoms with E-state index in [0.29, 0.717) is 18.1 Å². The maximum atomic E-state index is 11.8. The highest BCUT2D eigenvalue weighted by atomic mass is 32.2. The third-order valence-electron chi connectivity index (χ3n) is 2.26. The summed E-state index contributed by atoms with van der Waals surface area (Å²) in [4.78, 5) is 6.51. The molecule has 2 heterocycles. The number of nitrogens with two attached hydrogens (primary N) is 1. The summed E-state index contributed by atoms with van der Waals surface area (Å²) < 4.78 is 27.6. The molecule has 18 heavy (non-hydrogen) atoms. The third kappa shape index (κ3) is 2.87. The van der Waals surface area contributed by atoms with Crippen molar-refractivity contribution >= 4 is 15.7 Å². The Morgan fingerprint density at radius 3 is 2.83 bits per heavy atom. The molecule has 2 aromatic heterocycles. The molecular formula is C9H14N6O2S. The van der Waals surface area contributed by atoms with Gasteiger partial charge in [0.1, 0.15) is 5.82 Å². The molecule has 0 bridgehead atoms. The van der Waals surface area contributed by atoms with Crippen LogP contribution in [0.5, 0.6) is 0 Å². The van der Waals surface area contributed by atoms with E-state index in [-0.39, 0.29) is 11.6 Å². The van der Waals surface area contributed by atoms with Crippen molar-refractivity contribution in [2.24, 2.45) is 0 Å². The molecule has 2 rings (SSSR count). The quantitative estimate of drug-likeness (QED) is 0.675. The number of H-pyrrole nitrogens is 1. The Bertz CT molecular complexity index is 629. The minimum Gasteiger partial charge on any atom is -0.396 e. The average Bonchev–Trinajstić information content (AvgIpc) is 2.88. The zero-order valence-corrected chi connectivity index (χ0v) is 10.6. The molecule has 0 fully saturated rings. The number of nitrogen functional groups attached to an aromatic ring is 1. The van der Waals surface area contributed by atoms with Crippen molar-refractivity contribution < 1.29 is 8.42 Å². The first kappa shape index (κ1) is 12.6. The molecule has 2 aromatic rings. The van der Waals surface area contributed by atoms with Crippen molar-refractivity contribution in [3.63, 3.8) is 0 Å². The largest absolute Gasteiger partial charge is 0.396 e. The van der Waals surface area contributed by atoms with Crippen molar-refractivity contribution in [2.45, 2.75) is 18.5 Å². The van der Waals surface area contributed by atoms with E-state index in [9.17, 15) is 8.42 Å². The summed E-state index contributed by atoms with van der Waals surface area (Å²) in [5.74, 6) is 0.551. The van der Waals surface area contributed by atoms with Gasteiger partial charge in [-0.2, -0.15) is 5.10 Å². The molecule has 0 aliphatic heterocycles. The van der Waals surface area contributed by atoms with Crippen LogP contribution in [0.2, 0.25) is 0 Å². The zero-order chi connectivity index (χ0) is 13.2. The number of aromatic amines is 1. The molecule has 9 heteroatoms. The van der Waals surface area contributed by atoms with Gasteiger partial charge in [-0.25, -0.2) is 18.1 Å². The van der Waals surface area contributed by atoms with E-state index in [0.717, 1.165) is 0 Å². The number of imidazole rings is 1. The normalized spacial score (nSPS) is 11.8. The van der Waals surface area contributed by atoms with Gasteiger partial charge in [0, 0.05) is 12.7 Å². The molecule has 0 atom stereocenters. The predicted molar refractivity (Wildman–Crippen MR) is 65.2 cm³/mol. The van der Waals surface area contributed by atoms with E-state index < -0.39 is 10.0 Å². The van der Waals surface area contributed by atoms with Crippen LogP contribution in [0.15, 0.2) is 23.6 Å². The van der Waals surface area contributed by atoms with Crippen molar-refractivity contribution in [1.82, 2.24) is 24.5 Å². The van der Waals surface area contributed by atoms with E-state index in [1.807, 2.05) is 0 Å². The fraction of sp³-hybridized carbons (Fsp3) is 0.333. The Labute approximate surface area is 104 Å². The molecule has 0 spiro atoms. The maximum Gasteiger partial charge on any atom is 0.257 e. The summed E-state index contributed by atoms with van der Waals surface area (Å²) in [6.07, 6.45) is 4.42. The second kappa shape index (κ2) is 4.78. The highest BCUT2D eigenvalue weighted by Crippen LogP contribution is 2.04. The molecule has 8 nitrogen and oxygen atoms in total. The minimum absolute atomic E-state index is 0.0555. The minimum atomic E-state index is -3.54. The average molecular weight is 270 g/mol. The Kier molecular flexibility index (Phi) is 3.34. The number of nitrogens with zero attached hydrogens (tertiary/aromatic N) is 3. The van der Waals surface area contributed by atoms with Gasteiger partial charge >= 0.3 is 0 Å². The Morgan fingerprint density at radius 1 is 1.50 bits per heavy atom. The van der Waals surface area contributed by atoms with E-state index in [2.05, 4.69) is 19.8 Å². The SMILES string of the molecule is Cc1ncc(S(=O)(=O)NCCn2cc(N)cn2)[nH]1. The summed E-state index contributed by atoms with van der Waals surface area (Å²) in [7, 11) is -3.54.